The van der Waals surface area contributed by atoms with E-state index in [0.29, 0.717) is 34.3 Å². The van der Waals surface area contributed by atoms with Crippen molar-refractivity contribution in [3.8, 4) is 0 Å². The van der Waals surface area contributed by atoms with Gasteiger partial charge in [0.25, 0.3) is 5.91 Å². The number of anilines is 1. The first-order chi connectivity index (χ1) is 11.9. The Labute approximate surface area is 150 Å². The van der Waals surface area contributed by atoms with Crippen molar-refractivity contribution >= 4 is 29.4 Å². The van der Waals surface area contributed by atoms with Crippen LogP contribution in [0.5, 0.6) is 0 Å². The van der Waals surface area contributed by atoms with Crippen molar-refractivity contribution < 1.29 is 14.1 Å². The molecule has 1 aromatic heterocycles. The highest BCUT2D eigenvalue weighted by atomic mass is 32.2. The van der Waals surface area contributed by atoms with Crippen LogP contribution in [0.2, 0.25) is 0 Å². The Morgan fingerprint density at radius 1 is 1.32 bits per heavy atom. The summed E-state index contributed by atoms with van der Waals surface area (Å²) in [6.45, 7) is 1.92. The highest BCUT2D eigenvalue weighted by Crippen LogP contribution is 2.20. The summed E-state index contributed by atoms with van der Waals surface area (Å²) in [7, 11) is 3.37. The van der Waals surface area contributed by atoms with Crippen molar-refractivity contribution in [3.63, 3.8) is 0 Å². The van der Waals surface area contributed by atoms with Gasteiger partial charge >= 0.3 is 6.03 Å². The molecule has 0 aliphatic heterocycles. The average Bonchev–Trinajstić information content (AvgIpc) is 3.02. The number of hydrogen-bond donors (Lipinski definition) is 2. The van der Waals surface area contributed by atoms with Gasteiger partial charge in [-0.15, -0.1) is 0 Å². The molecule has 0 saturated heterocycles. The average molecular weight is 363 g/mol. The van der Waals surface area contributed by atoms with Crippen molar-refractivity contribution in [2.45, 2.75) is 19.2 Å². The molecule has 2 N–H and O–H groups in total. The van der Waals surface area contributed by atoms with Crippen LogP contribution in [0.1, 0.15) is 27.6 Å². The maximum atomic E-state index is 12.1. The molecule has 2 rings (SSSR count). The molecule has 0 aliphatic rings. The molecule has 0 aliphatic carbocycles. The number of benzene rings is 1. The predicted molar refractivity (Wildman–Crippen MR) is 96.6 cm³/mol. The van der Waals surface area contributed by atoms with Gasteiger partial charge in [0.15, 0.2) is 5.82 Å². The van der Waals surface area contributed by atoms with E-state index in [9.17, 15) is 9.59 Å². The van der Waals surface area contributed by atoms with Crippen molar-refractivity contribution in [1.82, 2.24) is 20.4 Å². The largest absolute Gasteiger partial charge is 0.345 e. The first-order valence-corrected chi connectivity index (χ1v) is 8.98. The number of aromatic nitrogens is 2. The summed E-state index contributed by atoms with van der Waals surface area (Å²) in [5.41, 5.74) is 1.82. The van der Waals surface area contributed by atoms with E-state index in [4.69, 9.17) is 4.52 Å². The lowest BCUT2D eigenvalue weighted by Gasteiger charge is -2.15. The van der Waals surface area contributed by atoms with Crippen LogP contribution in [0.25, 0.3) is 0 Å². The zero-order valence-electron chi connectivity index (χ0n) is 14.6. The van der Waals surface area contributed by atoms with Crippen LogP contribution in [0.4, 0.5) is 10.5 Å². The lowest BCUT2D eigenvalue weighted by molar-refractivity contribution is 0.0827. The summed E-state index contributed by atoms with van der Waals surface area (Å²) in [6, 6.07) is 4.78. The number of thioether (sulfide) groups is 1. The molecule has 25 heavy (non-hydrogen) atoms. The van der Waals surface area contributed by atoms with Crippen LogP contribution >= 0.6 is 11.8 Å². The molecule has 8 nitrogen and oxygen atoms in total. The van der Waals surface area contributed by atoms with Crippen molar-refractivity contribution in [3.05, 3.63) is 41.0 Å². The van der Waals surface area contributed by atoms with Gasteiger partial charge in [0.05, 0.1) is 12.3 Å². The quantitative estimate of drug-likeness (QED) is 0.816. The fraction of sp³-hybridized carbons (Fsp3) is 0.375. The van der Waals surface area contributed by atoms with E-state index in [1.54, 1.807) is 51.0 Å². The van der Waals surface area contributed by atoms with Gasteiger partial charge in [0.1, 0.15) is 0 Å². The number of rotatable bonds is 6. The number of nitrogens with one attached hydrogen (secondary N) is 2. The number of hydrogen-bond acceptors (Lipinski definition) is 6. The standard InChI is InChI=1S/C16H21N5O3S/c1-10-11(15(22)21(2)3)6-5-7-12(10)18-16(23)17-8-14-19-13(9-25-4)20-24-14/h5-7H,8-9H2,1-4H3,(H2,17,18,23). The second kappa shape index (κ2) is 8.52. The van der Waals surface area contributed by atoms with Crippen molar-refractivity contribution in [2.24, 2.45) is 0 Å². The molecule has 3 amide bonds. The maximum Gasteiger partial charge on any atom is 0.319 e. The Balaban J connectivity index is 1.98. The van der Waals surface area contributed by atoms with Crippen LogP contribution in [0.3, 0.4) is 0 Å². The zero-order valence-corrected chi connectivity index (χ0v) is 15.4. The zero-order chi connectivity index (χ0) is 18.4. The van der Waals surface area contributed by atoms with Gasteiger partial charge in [-0.2, -0.15) is 16.7 Å². The van der Waals surface area contributed by atoms with Crippen LogP contribution in [0, 0.1) is 6.92 Å². The molecule has 0 bridgehead atoms. The van der Waals surface area contributed by atoms with E-state index in [1.807, 2.05) is 6.26 Å². The van der Waals surface area contributed by atoms with Crippen molar-refractivity contribution in [2.75, 3.05) is 25.7 Å². The molecular weight excluding hydrogens is 342 g/mol. The van der Waals surface area contributed by atoms with Crippen LogP contribution in [0.15, 0.2) is 22.7 Å². The third-order valence-electron chi connectivity index (χ3n) is 3.40. The number of urea groups is 1. The van der Waals surface area contributed by atoms with Gasteiger partial charge in [0.2, 0.25) is 5.89 Å². The first kappa shape index (κ1) is 18.8. The minimum Gasteiger partial charge on any atom is -0.345 e. The molecular formula is C16H21N5O3S. The minimum atomic E-state index is -0.415. The van der Waals surface area contributed by atoms with Crippen LogP contribution in [-0.4, -0.2) is 47.3 Å². The maximum absolute atomic E-state index is 12.1. The van der Waals surface area contributed by atoms with Gasteiger partial charge in [-0.05, 0) is 30.9 Å². The summed E-state index contributed by atoms with van der Waals surface area (Å²) < 4.78 is 5.05. The highest BCUT2D eigenvalue weighted by Gasteiger charge is 2.15. The molecule has 0 fully saturated rings. The fourth-order valence-electron chi connectivity index (χ4n) is 2.12. The van der Waals surface area contributed by atoms with E-state index >= 15 is 0 Å². The van der Waals surface area contributed by atoms with E-state index in [2.05, 4.69) is 20.8 Å². The molecule has 0 radical (unpaired) electrons. The monoisotopic (exact) mass is 363 g/mol. The van der Waals surface area contributed by atoms with Gasteiger partial charge in [-0.3, -0.25) is 4.79 Å². The van der Waals surface area contributed by atoms with Crippen molar-refractivity contribution in [1.29, 1.82) is 0 Å². The lowest BCUT2D eigenvalue weighted by atomic mass is 10.1. The lowest BCUT2D eigenvalue weighted by Crippen LogP contribution is -2.29. The van der Waals surface area contributed by atoms with Gasteiger partial charge in [0, 0.05) is 25.3 Å². The molecule has 1 heterocycles. The Bertz CT molecular complexity index is 760. The normalized spacial score (nSPS) is 10.4. The Kier molecular flexibility index (Phi) is 6.40. The summed E-state index contributed by atoms with van der Waals surface area (Å²) in [6.07, 6.45) is 1.94. The van der Waals surface area contributed by atoms with E-state index < -0.39 is 6.03 Å². The van der Waals surface area contributed by atoms with Gasteiger partial charge in [-0.1, -0.05) is 11.2 Å². The molecule has 1 aromatic carbocycles. The first-order valence-electron chi connectivity index (χ1n) is 7.59. The van der Waals surface area contributed by atoms with Gasteiger partial charge < -0.3 is 20.1 Å². The Hall–Kier alpha value is -2.55. The fourth-order valence-corrected chi connectivity index (χ4v) is 2.49. The summed E-state index contributed by atoms with van der Waals surface area (Å²) in [4.78, 5) is 29.9. The topological polar surface area (TPSA) is 100 Å². The molecule has 9 heteroatoms. The summed E-state index contributed by atoms with van der Waals surface area (Å²) in [5.74, 6) is 1.47. The molecule has 0 spiro atoms. The third kappa shape index (κ3) is 4.96. The van der Waals surface area contributed by atoms with Crippen LogP contribution < -0.4 is 10.6 Å². The van der Waals surface area contributed by atoms with E-state index in [0.717, 1.165) is 0 Å². The van der Waals surface area contributed by atoms with E-state index in [1.165, 1.54) is 4.90 Å². The molecule has 134 valence electrons. The predicted octanol–water partition coefficient (Wildman–Crippen LogP) is 2.26. The summed E-state index contributed by atoms with van der Waals surface area (Å²) >= 11 is 1.59. The molecule has 2 aromatic rings. The number of amides is 3. The van der Waals surface area contributed by atoms with Gasteiger partial charge in [-0.25, -0.2) is 4.79 Å². The Morgan fingerprint density at radius 2 is 2.08 bits per heavy atom. The smallest absolute Gasteiger partial charge is 0.319 e. The molecule has 0 saturated carbocycles. The molecule has 0 unspecified atom stereocenters. The Morgan fingerprint density at radius 3 is 2.76 bits per heavy atom. The second-order valence-electron chi connectivity index (χ2n) is 5.52. The summed E-state index contributed by atoms with van der Waals surface area (Å²) in [5, 5.41) is 9.19. The third-order valence-corrected chi connectivity index (χ3v) is 3.95. The van der Waals surface area contributed by atoms with Crippen LogP contribution in [-0.2, 0) is 12.3 Å². The number of nitrogens with zero attached hydrogens (tertiary/aromatic N) is 3. The van der Waals surface area contributed by atoms with E-state index in [-0.39, 0.29) is 12.5 Å². The number of carbonyl (C=O) groups excluding carboxylic acids is 2. The molecule has 0 atom stereocenters. The second-order valence-corrected chi connectivity index (χ2v) is 6.39. The SMILES string of the molecule is CSCc1noc(CNC(=O)Nc2cccc(C(=O)N(C)C)c2C)n1. The highest BCUT2D eigenvalue weighted by molar-refractivity contribution is 7.97. The minimum absolute atomic E-state index is 0.117. The number of carbonyl (C=O) groups is 2.